The van der Waals surface area contributed by atoms with Crippen molar-refractivity contribution in [1.82, 2.24) is 10.2 Å². The number of rotatable bonds is 4. The molecule has 5 nitrogen and oxygen atoms in total. The fourth-order valence-electron chi connectivity index (χ4n) is 5.62. The summed E-state index contributed by atoms with van der Waals surface area (Å²) in [4.78, 5) is 28.4. The van der Waals surface area contributed by atoms with Crippen LogP contribution in [0.25, 0.3) is 0 Å². The predicted octanol–water partition coefficient (Wildman–Crippen LogP) is 4.77. The zero-order chi connectivity index (χ0) is 23.9. The minimum absolute atomic E-state index is 0.0644. The van der Waals surface area contributed by atoms with Crippen LogP contribution in [-0.2, 0) is 10.4 Å². The summed E-state index contributed by atoms with van der Waals surface area (Å²) in [6.45, 7) is 6.92. The molecule has 1 unspecified atom stereocenters. The van der Waals surface area contributed by atoms with Crippen LogP contribution in [0.4, 0.5) is 0 Å². The number of benzene rings is 2. The number of hydrogen-bond acceptors (Lipinski definition) is 3. The molecular weight excluding hydrogens is 436 g/mol. The van der Waals surface area contributed by atoms with Gasteiger partial charge in [-0.25, -0.2) is 0 Å². The van der Waals surface area contributed by atoms with Crippen LogP contribution in [0.3, 0.4) is 0 Å². The van der Waals surface area contributed by atoms with Crippen molar-refractivity contribution in [2.24, 2.45) is 11.3 Å². The number of carbonyl (C=O) groups excluding carboxylic acids is 2. The number of likely N-dealkylation sites (tertiary alicyclic amines) is 1. The SMILES string of the molecule is CC1(C)CN(C(=O)[C@@H]2CCC[C@]2(C)NC(=O)c2ccccc2)CCC1(O)c1ccc(Cl)cc1. The molecule has 0 spiro atoms. The smallest absolute Gasteiger partial charge is 0.251 e. The second-order valence-electron chi connectivity index (χ2n) is 10.4. The maximum absolute atomic E-state index is 13.7. The Hall–Kier alpha value is -2.37. The molecule has 2 amide bonds. The van der Waals surface area contributed by atoms with E-state index in [0.717, 1.165) is 24.8 Å². The number of amides is 2. The largest absolute Gasteiger partial charge is 0.384 e. The van der Waals surface area contributed by atoms with E-state index in [2.05, 4.69) is 5.32 Å². The standard InChI is InChI=1S/C27H33ClN2O3/c1-25(2)18-30(17-16-27(25,33)20-11-13-21(28)14-12-20)24(32)22-10-7-15-26(22,3)29-23(31)19-8-5-4-6-9-19/h4-6,8-9,11-14,22,33H,7,10,15-18H2,1-3H3,(H,29,31)/t22-,26-,27?/m0/s1. The second-order valence-corrected chi connectivity index (χ2v) is 10.9. The topological polar surface area (TPSA) is 69.6 Å². The molecule has 2 aromatic rings. The van der Waals surface area contributed by atoms with Crippen molar-refractivity contribution in [2.75, 3.05) is 13.1 Å². The molecule has 3 atom stereocenters. The third kappa shape index (κ3) is 4.41. The maximum Gasteiger partial charge on any atom is 0.251 e. The lowest BCUT2D eigenvalue weighted by molar-refractivity contribution is -0.158. The molecule has 1 heterocycles. The van der Waals surface area contributed by atoms with Gasteiger partial charge in [0.05, 0.1) is 11.5 Å². The van der Waals surface area contributed by atoms with Crippen LogP contribution in [0.5, 0.6) is 0 Å². The summed E-state index contributed by atoms with van der Waals surface area (Å²) in [5, 5.41) is 15.4. The van der Waals surface area contributed by atoms with Gasteiger partial charge >= 0.3 is 0 Å². The van der Waals surface area contributed by atoms with Gasteiger partial charge in [-0.3, -0.25) is 9.59 Å². The van der Waals surface area contributed by atoms with Crippen LogP contribution in [0, 0.1) is 11.3 Å². The van der Waals surface area contributed by atoms with Gasteiger partial charge < -0.3 is 15.3 Å². The van der Waals surface area contributed by atoms with E-state index in [0.29, 0.717) is 30.1 Å². The lowest BCUT2D eigenvalue weighted by Gasteiger charge is -2.51. The first-order valence-corrected chi connectivity index (χ1v) is 12.1. The quantitative estimate of drug-likeness (QED) is 0.678. The first kappa shape index (κ1) is 23.8. The Morgan fingerprint density at radius 3 is 2.33 bits per heavy atom. The number of nitrogens with zero attached hydrogens (tertiary/aromatic N) is 1. The van der Waals surface area contributed by atoms with Crippen LogP contribution in [0.1, 0.15) is 62.4 Å². The Kier molecular flexibility index (Phi) is 6.32. The van der Waals surface area contributed by atoms with Gasteiger partial charge in [0.2, 0.25) is 5.91 Å². The Morgan fingerprint density at radius 2 is 1.70 bits per heavy atom. The van der Waals surface area contributed by atoms with Crippen molar-refractivity contribution in [3.8, 4) is 0 Å². The second kappa shape index (κ2) is 8.77. The summed E-state index contributed by atoms with van der Waals surface area (Å²) in [7, 11) is 0. The van der Waals surface area contributed by atoms with E-state index in [-0.39, 0.29) is 17.7 Å². The Labute approximate surface area is 201 Å². The summed E-state index contributed by atoms with van der Waals surface area (Å²) in [5.74, 6) is -0.355. The van der Waals surface area contributed by atoms with Gasteiger partial charge in [0.15, 0.2) is 0 Å². The molecule has 1 aliphatic carbocycles. The van der Waals surface area contributed by atoms with E-state index in [1.165, 1.54) is 0 Å². The highest BCUT2D eigenvalue weighted by Crippen LogP contribution is 2.47. The van der Waals surface area contributed by atoms with Crippen molar-refractivity contribution in [3.63, 3.8) is 0 Å². The number of aliphatic hydroxyl groups is 1. The molecule has 2 fully saturated rings. The highest BCUT2D eigenvalue weighted by atomic mass is 35.5. The minimum atomic E-state index is -1.05. The van der Waals surface area contributed by atoms with Crippen LogP contribution >= 0.6 is 11.6 Å². The number of carbonyl (C=O) groups is 2. The van der Waals surface area contributed by atoms with Crippen molar-refractivity contribution >= 4 is 23.4 Å². The van der Waals surface area contributed by atoms with Crippen molar-refractivity contribution in [3.05, 3.63) is 70.7 Å². The molecular formula is C27H33ClN2O3. The van der Waals surface area contributed by atoms with E-state index >= 15 is 0 Å². The molecule has 33 heavy (non-hydrogen) atoms. The molecule has 2 N–H and O–H groups in total. The molecule has 1 aliphatic heterocycles. The van der Waals surface area contributed by atoms with Crippen molar-refractivity contribution in [1.29, 1.82) is 0 Å². The monoisotopic (exact) mass is 468 g/mol. The molecule has 1 saturated heterocycles. The Bertz CT molecular complexity index is 1020. The minimum Gasteiger partial charge on any atom is -0.384 e. The Balaban J connectivity index is 1.50. The molecule has 2 aliphatic rings. The molecule has 4 rings (SSSR count). The number of piperidine rings is 1. The fraction of sp³-hybridized carbons (Fsp3) is 0.481. The van der Waals surface area contributed by atoms with Gasteiger partial charge in [-0.2, -0.15) is 0 Å². The van der Waals surface area contributed by atoms with Gasteiger partial charge in [-0.05, 0) is 56.0 Å². The van der Waals surface area contributed by atoms with E-state index in [4.69, 9.17) is 11.6 Å². The van der Waals surface area contributed by atoms with Gasteiger partial charge in [0.1, 0.15) is 0 Å². The van der Waals surface area contributed by atoms with Crippen molar-refractivity contribution in [2.45, 2.75) is 57.6 Å². The van der Waals surface area contributed by atoms with Gasteiger partial charge in [0, 0.05) is 34.6 Å². The van der Waals surface area contributed by atoms with Gasteiger partial charge in [0.25, 0.3) is 5.91 Å². The summed E-state index contributed by atoms with van der Waals surface area (Å²) in [6, 6.07) is 16.5. The highest BCUT2D eigenvalue weighted by molar-refractivity contribution is 6.30. The van der Waals surface area contributed by atoms with Crippen LogP contribution in [0.15, 0.2) is 54.6 Å². The summed E-state index contributed by atoms with van der Waals surface area (Å²) in [6.07, 6.45) is 2.87. The molecule has 2 aromatic carbocycles. The van der Waals surface area contributed by atoms with E-state index in [1.54, 1.807) is 24.3 Å². The number of nitrogens with one attached hydrogen (secondary N) is 1. The van der Waals surface area contributed by atoms with E-state index in [9.17, 15) is 14.7 Å². The zero-order valence-corrected chi connectivity index (χ0v) is 20.4. The van der Waals surface area contributed by atoms with Gasteiger partial charge in [-0.15, -0.1) is 0 Å². The fourth-order valence-corrected chi connectivity index (χ4v) is 5.75. The lowest BCUT2D eigenvalue weighted by atomic mass is 9.66. The summed E-state index contributed by atoms with van der Waals surface area (Å²) < 4.78 is 0. The predicted molar refractivity (Wildman–Crippen MR) is 130 cm³/mol. The van der Waals surface area contributed by atoms with Crippen LogP contribution in [-0.4, -0.2) is 40.4 Å². The molecule has 0 bridgehead atoms. The summed E-state index contributed by atoms with van der Waals surface area (Å²) >= 11 is 6.04. The average molecular weight is 469 g/mol. The normalized spacial score (nSPS) is 29.0. The first-order valence-electron chi connectivity index (χ1n) is 11.7. The average Bonchev–Trinajstić information content (AvgIpc) is 3.17. The van der Waals surface area contributed by atoms with E-state index in [1.807, 2.05) is 56.0 Å². The number of halogens is 1. The van der Waals surface area contributed by atoms with Gasteiger partial charge in [-0.1, -0.05) is 62.2 Å². The maximum atomic E-state index is 13.7. The van der Waals surface area contributed by atoms with Crippen molar-refractivity contribution < 1.29 is 14.7 Å². The number of hydrogen-bond donors (Lipinski definition) is 2. The highest BCUT2D eigenvalue weighted by Gasteiger charge is 2.52. The molecule has 1 saturated carbocycles. The first-order chi connectivity index (χ1) is 15.6. The third-order valence-electron chi connectivity index (χ3n) is 7.77. The molecule has 6 heteroatoms. The van der Waals surface area contributed by atoms with Crippen LogP contribution in [0.2, 0.25) is 5.02 Å². The third-order valence-corrected chi connectivity index (χ3v) is 8.03. The molecule has 0 aromatic heterocycles. The lowest BCUT2D eigenvalue weighted by Crippen LogP contribution is -2.60. The van der Waals surface area contributed by atoms with Crippen LogP contribution < -0.4 is 5.32 Å². The summed E-state index contributed by atoms with van der Waals surface area (Å²) in [5.41, 5.74) is -0.752. The Morgan fingerprint density at radius 1 is 1.03 bits per heavy atom. The van der Waals surface area contributed by atoms with E-state index < -0.39 is 16.6 Å². The molecule has 176 valence electrons. The molecule has 0 radical (unpaired) electrons. The zero-order valence-electron chi connectivity index (χ0n) is 19.6.